The highest BCUT2D eigenvalue weighted by Gasteiger charge is 2.42. The Morgan fingerprint density at radius 3 is 2.31 bits per heavy atom. The van der Waals surface area contributed by atoms with Crippen LogP contribution in [0.2, 0.25) is 0 Å². The summed E-state index contributed by atoms with van der Waals surface area (Å²) in [5, 5.41) is 2.26. The lowest BCUT2D eigenvalue weighted by atomic mass is 9.94. The summed E-state index contributed by atoms with van der Waals surface area (Å²) in [7, 11) is 0. The maximum absolute atomic E-state index is 12.1. The number of piperidine rings is 1. The zero-order valence-corrected chi connectivity index (χ0v) is 6.90. The van der Waals surface area contributed by atoms with Crippen molar-refractivity contribution in [2.45, 2.75) is 25.1 Å². The van der Waals surface area contributed by atoms with E-state index in [0.29, 0.717) is 0 Å². The van der Waals surface area contributed by atoms with E-state index < -0.39 is 24.0 Å². The Labute approximate surface area is 73.5 Å². The van der Waals surface area contributed by atoms with E-state index in [4.69, 9.17) is 5.73 Å². The van der Waals surface area contributed by atoms with Gasteiger partial charge in [-0.2, -0.15) is 13.2 Å². The summed E-state index contributed by atoms with van der Waals surface area (Å²) < 4.78 is 36.3. The fourth-order valence-electron chi connectivity index (χ4n) is 1.38. The zero-order valence-electron chi connectivity index (χ0n) is 6.90. The van der Waals surface area contributed by atoms with Gasteiger partial charge in [0.25, 0.3) is 0 Å². The van der Waals surface area contributed by atoms with E-state index >= 15 is 0 Å². The van der Waals surface area contributed by atoms with Gasteiger partial charge in [0.05, 0.1) is 5.92 Å². The summed E-state index contributed by atoms with van der Waals surface area (Å²) in [6.45, 7) is 0.0273. The smallest absolute Gasteiger partial charge is 0.369 e. The molecule has 3 N–H and O–H groups in total. The van der Waals surface area contributed by atoms with E-state index in [2.05, 4.69) is 5.32 Å². The lowest BCUT2D eigenvalue weighted by Crippen LogP contribution is -2.50. The number of alkyl halides is 3. The average molecular weight is 196 g/mol. The lowest BCUT2D eigenvalue weighted by molar-refractivity contribution is -0.163. The normalized spacial score (nSPS) is 30.1. The van der Waals surface area contributed by atoms with Crippen molar-refractivity contribution in [1.82, 2.24) is 5.32 Å². The predicted octanol–water partition coefficient (Wildman–Crippen LogP) is 0.402. The minimum atomic E-state index is -4.22. The number of rotatable bonds is 1. The lowest BCUT2D eigenvalue weighted by Gasteiger charge is -2.29. The number of hydrogen-bond acceptors (Lipinski definition) is 2. The molecule has 3 nitrogen and oxygen atoms in total. The van der Waals surface area contributed by atoms with Crippen LogP contribution in [-0.2, 0) is 4.79 Å². The van der Waals surface area contributed by atoms with E-state index in [1.807, 2.05) is 0 Å². The molecular weight excluding hydrogens is 185 g/mol. The molecule has 1 aliphatic heterocycles. The predicted molar refractivity (Wildman–Crippen MR) is 39.8 cm³/mol. The molecule has 1 rings (SSSR count). The van der Waals surface area contributed by atoms with Gasteiger partial charge in [0, 0.05) is 6.54 Å². The van der Waals surface area contributed by atoms with E-state index in [9.17, 15) is 18.0 Å². The van der Waals surface area contributed by atoms with Gasteiger partial charge in [-0.25, -0.2) is 0 Å². The summed E-state index contributed by atoms with van der Waals surface area (Å²) in [6.07, 6.45) is -4.08. The molecule has 2 atom stereocenters. The molecule has 0 unspecified atom stereocenters. The number of amides is 1. The van der Waals surface area contributed by atoms with Gasteiger partial charge in [0.1, 0.15) is 6.04 Å². The SMILES string of the molecule is NC(=O)[C@H]1CC[C@H](C(F)(F)F)NC1. The number of halogens is 3. The zero-order chi connectivity index (χ0) is 10.1. The number of nitrogens with two attached hydrogens (primary N) is 1. The van der Waals surface area contributed by atoms with E-state index in [1.54, 1.807) is 0 Å². The van der Waals surface area contributed by atoms with Gasteiger partial charge in [-0.3, -0.25) is 4.79 Å². The Hall–Kier alpha value is -0.780. The molecule has 1 fully saturated rings. The van der Waals surface area contributed by atoms with Crippen molar-refractivity contribution >= 4 is 5.91 Å². The van der Waals surface area contributed by atoms with Crippen molar-refractivity contribution in [3.8, 4) is 0 Å². The molecule has 0 bridgehead atoms. The fraction of sp³-hybridized carbons (Fsp3) is 0.857. The summed E-state index contributed by atoms with van der Waals surface area (Å²) in [5.41, 5.74) is 4.96. The van der Waals surface area contributed by atoms with Gasteiger partial charge in [0.15, 0.2) is 0 Å². The Morgan fingerprint density at radius 1 is 1.38 bits per heavy atom. The van der Waals surface area contributed by atoms with Crippen LogP contribution in [0.5, 0.6) is 0 Å². The van der Waals surface area contributed by atoms with Crippen LogP contribution in [0.15, 0.2) is 0 Å². The Bertz CT molecular complexity index is 196. The minimum absolute atomic E-state index is 0.0273. The van der Waals surface area contributed by atoms with Crippen LogP contribution in [0.3, 0.4) is 0 Å². The maximum Gasteiger partial charge on any atom is 0.403 e. The quantitative estimate of drug-likeness (QED) is 0.637. The largest absolute Gasteiger partial charge is 0.403 e. The number of hydrogen-bond donors (Lipinski definition) is 2. The summed E-state index contributed by atoms with van der Waals surface area (Å²) in [5.74, 6) is -0.994. The van der Waals surface area contributed by atoms with Crippen LogP contribution >= 0.6 is 0 Å². The van der Waals surface area contributed by atoms with Crippen LogP contribution in [0, 0.1) is 5.92 Å². The second kappa shape index (κ2) is 3.53. The summed E-state index contributed by atoms with van der Waals surface area (Å²) in [4.78, 5) is 10.6. The van der Waals surface area contributed by atoms with E-state index in [1.165, 1.54) is 0 Å². The van der Waals surface area contributed by atoms with Gasteiger partial charge in [-0.15, -0.1) is 0 Å². The Balaban J connectivity index is 2.44. The topological polar surface area (TPSA) is 55.1 Å². The van der Waals surface area contributed by atoms with Crippen LogP contribution in [-0.4, -0.2) is 24.7 Å². The van der Waals surface area contributed by atoms with Gasteiger partial charge in [-0.05, 0) is 12.8 Å². The van der Waals surface area contributed by atoms with Crippen LogP contribution in [0.1, 0.15) is 12.8 Å². The van der Waals surface area contributed by atoms with Crippen molar-refractivity contribution in [3.63, 3.8) is 0 Å². The standard InChI is InChI=1S/C7H11F3N2O/c8-7(9,10)5-2-1-4(3-12-5)6(11)13/h4-5,12H,1-3H2,(H2,11,13)/t4-,5+/m0/s1. The van der Waals surface area contributed by atoms with Gasteiger partial charge in [-0.1, -0.05) is 0 Å². The highest BCUT2D eigenvalue weighted by Crippen LogP contribution is 2.27. The Morgan fingerprint density at radius 2 is 2.00 bits per heavy atom. The first-order valence-electron chi connectivity index (χ1n) is 4.00. The van der Waals surface area contributed by atoms with Crippen molar-refractivity contribution < 1.29 is 18.0 Å². The van der Waals surface area contributed by atoms with Gasteiger partial charge in [0.2, 0.25) is 5.91 Å². The number of nitrogens with one attached hydrogen (secondary N) is 1. The molecule has 1 amide bonds. The minimum Gasteiger partial charge on any atom is -0.369 e. The fourth-order valence-corrected chi connectivity index (χ4v) is 1.38. The summed E-state index contributed by atoms with van der Waals surface area (Å²) in [6, 6.07) is -1.48. The van der Waals surface area contributed by atoms with Crippen LogP contribution in [0.25, 0.3) is 0 Å². The second-order valence-electron chi connectivity index (χ2n) is 3.18. The maximum atomic E-state index is 12.1. The molecule has 1 aliphatic rings. The average Bonchev–Trinajstić information content (AvgIpc) is 2.03. The molecule has 13 heavy (non-hydrogen) atoms. The molecule has 6 heteroatoms. The molecule has 0 radical (unpaired) electrons. The van der Waals surface area contributed by atoms with Gasteiger partial charge < -0.3 is 11.1 Å². The number of carbonyl (C=O) groups excluding carboxylic acids is 1. The number of primary amides is 1. The highest BCUT2D eigenvalue weighted by atomic mass is 19.4. The van der Waals surface area contributed by atoms with Crippen molar-refractivity contribution in [2.75, 3.05) is 6.54 Å². The van der Waals surface area contributed by atoms with Gasteiger partial charge >= 0.3 is 6.18 Å². The van der Waals surface area contributed by atoms with Crippen molar-refractivity contribution in [3.05, 3.63) is 0 Å². The molecule has 0 spiro atoms. The molecule has 0 aromatic heterocycles. The van der Waals surface area contributed by atoms with Crippen molar-refractivity contribution in [2.24, 2.45) is 11.7 Å². The molecule has 1 saturated heterocycles. The molecule has 76 valence electrons. The third-order valence-corrected chi connectivity index (χ3v) is 2.21. The first-order chi connectivity index (χ1) is 5.91. The van der Waals surface area contributed by atoms with Crippen LogP contribution in [0.4, 0.5) is 13.2 Å². The molecular formula is C7H11F3N2O. The molecule has 0 saturated carbocycles. The third kappa shape index (κ3) is 2.58. The molecule has 0 aromatic rings. The number of carbonyl (C=O) groups is 1. The first-order valence-corrected chi connectivity index (χ1v) is 4.00. The third-order valence-electron chi connectivity index (χ3n) is 2.21. The molecule has 1 heterocycles. The first kappa shape index (κ1) is 10.3. The van der Waals surface area contributed by atoms with Crippen molar-refractivity contribution in [1.29, 1.82) is 0 Å². The molecule has 0 aromatic carbocycles. The van der Waals surface area contributed by atoms with E-state index in [-0.39, 0.29) is 19.4 Å². The highest BCUT2D eigenvalue weighted by molar-refractivity contribution is 5.76. The van der Waals surface area contributed by atoms with Crippen LogP contribution < -0.4 is 11.1 Å². The summed E-state index contributed by atoms with van der Waals surface area (Å²) >= 11 is 0. The van der Waals surface area contributed by atoms with E-state index in [0.717, 1.165) is 0 Å². The molecule has 0 aliphatic carbocycles. The Kier molecular flexibility index (Phi) is 2.80. The second-order valence-corrected chi connectivity index (χ2v) is 3.18. The monoisotopic (exact) mass is 196 g/mol.